The Kier molecular flexibility index (Phi) is 3.69. The third-order valence-electron chi connectivity index (χ3n) is 4.30. The second kappa shape index (κ2) is 5.50. The first-order chi connectivity index (χ1) is 10.1. The molecule has 2 saturated heterocycles. The molecular weight excluding hydrogens is 272 g/mol. The zero-order valence-electron chi connectivity index (χ0n) is 12.1. The highest BCUT2D eigenvalue weighted by Crippen LogP contribution is 2.33. The predicted molar refractivity (Wildman–Crippen MR) is 80.5 cm³/mol. The molecule has 2 fully saturated rings. The molecule has 0 bridgehead atoms. The summed E-state index contributed by atoms with van der Waals surface area (Å²) < 4.78 is 5.24. The van der Waals surface area contributed by atoms with Gasteiger partial charge in [-0.3, -0.25) is 15.0 Å². The summed E-state index contributed by atoms with van der Waals surface area (Å²) in [6.45, 7) is 6.28. The van der Waals surface area contributed by atoms with Crippen LogP contribution in [-0.4, -0.2) is 54.8 Å². The minimum absolute atomic E-state index is 0.0854. The van der Waals surface area contributed by atoms with E-state index >= 15 is 0 Å². The van der Waals surface area contributed by atoms with Gasteiger partial charge in [-0.2, -0.15) is 0 Å². The number of nitro benzene ring substituents is 1. The summed E-state index contributed by atoms with van der Waals surface area (Å²) in [7, 11) is 0. The fourth-order valence-electron chi connectivity index (χ4n) is 3.04. The first kappa shape index (κ1) is 14.1. The van der Waals surface area contributed by atoms with Crippen molar-refractivity contribution >= 4 is 17.1 Å². The van der Waals surface area contributed by atoms with Gasteiger partial charge in [0.1, 0.15) is 5.69 Å². The van der Waals surface area contributed by atoms with Gasteiger partial charge in [0.2, 0.25) is 0 Å². The molecule has 2 aliphatic heterocycles. The van der Waals surface area contributed by atoms with E-state index in [-0.39, 0.29) is 16.7 Å². The molecule has 3 rings (SSSR count). The van der Waals surface area contributed by atoms with Crippen LogP contribution >= 0.6 is 0 Å². The summed E-state index contributed by atoms with van der Waals surface area (Å²) in [6, 6.07) is 5.65. The van der Waals surface area contributed by atoms with E-state index in [2.05, 4.69) is 16.7 Å². The quantitative estimate of drug-likeness (QED) is 0.510. The van der Waals surface area contributed by atoms with Crippen molar-refractivity contribution in [2.75, 3.05) is 43.5 Å². The Labute approximate surface area is 123 Å². The lowest BCUT2D eigenvalue weighted by atomic mass is 10.1. The molecule has 2 aliphatic rings. The number of piperazine rings is 1. The number of nitrogens with zero attached hydrogens (tertiary/aromatic N) is 3. The van der Waals surface area contributed by atoms with Crippen molar-refractivity contribution in [3.63, 3.8) is 0 Å². The number of nitro groups is 1. The summed E-state index contributed by atoms with van der Waals surface area (Å²) in [5.74, 6) is 0. The van der Waals surface area contributed by atoms with Crippen LogP contribution in [0.1, 0.15) is 6.92 Å². The lowest BCUT2D eigenvalue weighted by Crippen LogP contribution is -2.59. The van der Waals surface area contributed by atoms with E-state index < -0.39 is 0 Å². The van der Waals surface area contributed by atoms with E-state index in [4.69, 9.17) is 10.5 Å². The monoisotopic (exact) mass is 292 g/mol. The Hall–Kier alpha value is -1.86. The lowest BCUT2D eigenvalue weighted by Gasteiger charge is -2.46. The summed E-state index contributed by atoms with van der Waals surface area (Å²) in [4.78, 5) is 15.4. The maximum Gasteiger partial charge on any atom is 0.294 e. The van der Waals surface area contributed by atoms with Gasteiger partial charge in [0.05, 0.1) is 24.2 Å². The molecule has 0 aliphatic carbocycles. The fourth-order valence-corrected chi connectivity index (χ4v) is 3.04. The van der Waals surface area contributed by atoms with Crippen LogP contribution in [0.3, 0.4) is 0 Å². The van der Waals surface area contributed by atoms with Crippen molar-refractivity contribution in [3.05, 3.63) is 28.3 Å². The summed E-state index contributed by atoms with van der Waals surface area (Å²) >= 11 is 0. The van der Waals surface area contributed by atoms with Crippen molar-refractivity contribution in [3.8, 4) is 0 Å². The van der Waals surface area contributed by atoms with Crippen LogP contribution in [0.15, 0.2) is 18.2 Å². The van der Waals surface area contributed by atoms with Gasteiger partial charge in [-0.15, -0.1) is 0 Å². The van der Waals surface area contributed by atoms with Crippen LogP contribution in [0.4, 0.5) is 17.1 Å². The first-order valence-electron chi connectivity index (χ1n) is 7.18. The third kappa shape index (κ3) is 2.66. The minimum Gasteiger partial charge on any atom is -0.399 e. The number of benzene rings is 1. The Bertz CT molecular complexity index is 547. The van der Waals surface area contributed by atoms with E-state index in [1.807, 2.05) is 0 Å². The average molecular weight is 292 g/mol. The molecule has 0 radical (unpaired) electrons. The molecule has 7 nitrogen and oxygen atoms in total. The highest BCUT2D eigenvalue weighted by molar-refractivity contribution is 5.68. The van der Waals surface area contributed by atoms with Gasteiger partial charge in [-0.1, -0.05) is 0 Å². The number of nitrogens with two attached hydrogens (primary N) is 1. The molecule has 1 aromatic carbocycles. The number of hydrogen-bond donors (Lipinski definition) is 1. The maximum absolute atomic E-state index is 11.2. The number of rotatable bonds is 3. The predicted octanol–water partition coefficient (Wildman–Crippen LogP) is 1.09. The molecule has 0 spiro atoms. The lowest BCUT2D eigenvalue weighted by molar-refractivity contribution is -0.384. The largest absolute Gasteiger partial charge is 0.399 e. The van der Waals surface area contributed by atoms with Gasteiger partial charge in [-0.05, 0) is 19.1 Å². The smallest absolute Gasteiger partial charge is 0.294 e. The van der Waals surface area contributed by atoms with Crippen LogP contribution in [-0.2, 0) is 4.74 Å². The zero-order valence-corrected chi connectivity index (χ0v) is 12.1. The van der Waals surface area contributed by atoms with Gasteiger partial charge in [0.25, 0.3) is 5.69 Å². The molecular formula is C14H20N4O3. The van der Waals surface area contributed by atoms with Crippen molar-refractivity contribution in [2.24, 2.45) is 0 Å². The van der Waals surface area contributed by atoms with E-state index in [0.717, 1.165) is 32.8 Å². The molecule has 0 amide bonds. The van der Waals surface area contributed by atoms with Crippen LogP contribution in [0.2, 0.25) is 0 Å². The molecule has 2 heterocycles. The Morgan fingerprint density at radius 1 is 1.38 bits per heavy atom. The third-order valence-corrected chi connectivity index (χ3v) is 4.30. The summed E-state index contributed by atoms with van der Waals surface area (Å²) in [6.07, 6.45) is 0. The van der Waals surface area contributed by atoms with Crippen molar-refractivity contribution < 1.29 is 9.66 Å². The van der Waals surface area contributed by atoms with Gasteiger partial charge in [-0.25, -0.2) is 0 Å². The minimum atomic E-state index is -0.357. The van der Waals surface area contributed by atoms with Crippen molar-refractivity contribution in [1.82, 2.24) is 4.90 Å². The standard InChI is InChI=1S/C14H20N4O3/c1-10-7-16(12-8-21-9-12)4-5-17(10)13-3-2-11(15)6-14(13)18(19)20/h2-3,6,10,12H,4-5,7-9,15H2,1H3/t10-/m0/s1. The highest BCUT2D eigenvalue weighted by Gasteiger charge is 2.34. The van der Waals surface area contributed by atoms with Crippen molar-refractivity contribution in [2.45, 2.75) is 19.0 Å². The van der Waals surface area contributed by atoms with E-state index in [9.17, 15) is 10.1 Å². The number of hydrogen-bond acceptors (Lipinski definition) is 6. The normalized spacial score (nSPS) is 23.9. The molecule has 0 saturated carbocycles. The fraction of sp³-hybridized carbons (Fsp3) is 0.571. The number of ether oxygens (including phenoxy) is 1. The molecule has 2 N–H and O–H groups in total. The Balaban J connectivity index is 1.79. The van der Waals surface area contributed by atoms with Gasteiger partial charge < -0.3 is 15.4 Å². The van der Waals surface area contributed by atoms with Crippen LogP contribution in [0, 0.1) is 10.1 Å². The number of anilines is 2. The van der Waals surface area contributed by atoms with Crippen LogP contribution in [0.5, 0.6) is 0 Å². The highest BCUT2D eigenvalue weighted by atomic mass is 16.6. The summed E-state index contributed by atoms with van der Waals surface area (Å²) in [5, 5.41) is 11.2. The van der Waals surface area contributed by atoms with Crippen molar-refractivity contribution in [1.29, 1.82) is 0 Å². The number of nitrogen functional groups attached to an aromatic ring is 1. The molecule has 114 valence electrons. The first-order valence-corrected chi connectivity index (χ1v) is 7.18. The van der Waals surface area contributed by atoms with E-state index in [0.29, 0.717) is 17.4 Å². The molecule has 0 unspecified atom stereocenters. The van der Waals surface area contributed by atoms with E-state index in [1.54, 1.807) is 12.1 Å². The summed E-state index contributed by atoms with van der Waals surface area (Å²) in [5.41, 5.74) is 6.84. The Morgan fingerprint density at radius 3 is 2.71 bits per heavy atom. The van der Waals surface area contributed by atoms with Gasteiger partial charge in [0.15, 0.2) is 0 Å². The molecule has 1 atom stereocenters. The van der Waals surface area contributed by atoms with Gasteiger partial charge in [0, 0.05) is 37.4 Å². The van der Waals surface area contributed by atoms with Gasteiger partial charge >= 0.3 is 0 Å². The topological polar surface area (TPSA) is 84.9 Å². The molecule has 1 aromatic rings. The second-order valence-corrected chi connectivity index (χ2v) is 5.73. The molecule has 0 aromatic heterocycles. The molecule has 21 heavy (non-hydrogen) atoms. The SMILES string of the molecule is C[C@H]1CN(C2COC2)CCN1c1ccc(N)cc1[N+](=O)[O-]. The second-order valence-electron chi connectivity index (χ2n) is 5.73. The van der Waals surface area contributed by atoms with Crippen LogP contribution < -0.4 is 10.6 Å². The Morgan fingerprint density at radius 2 is 2.14 bits per heavy atom. The van der Waals surface area contributed by atoms with E-state index in [1.165, 1.54) is 6.07 Å². The van der Waals surface area contributed by atoms with Crippen LogP contribution in [0.25, 0.3) is 0 Å². The average Bonchev–Trinajstić information content (AvgIpc) is 2.37. The molecule has 7 heteroatoms. The maximum atomic E-state index is 11.2. The zero-order chi connectivity index (χ0) is 15.0.